The zero-order chi connectivity index (χ0) is 23.0. The van der Waals surface area contributed by atoms with Crippen molar-refractivity contribution in [2.24, 2.45) is 0 Å². The Balaban J connectivity index is 1.65. The van der Waals surface area contributed by atoms with Crippen LogP contribution in [0.25, 0.3) is 0 Å². The first kappa shape index (κ1) is 21.9. The number of benzene rings is 2. The second-order valence-electron chi connectivity index (χ2n) is 6.76. The number of thiazole rings is 1. The molecule has 0 saturated carbocycles. The van der Waals surface area contributed by atoms with E-state index in [0.29, 0.717) is 34.7 Å². The van der Waals surface area contributed by atoms with Gasteiger partial charge in [0, 0.05) is 17.5 Å². The number of hydrogen-bond donors (Lipinski definition) is 2. The molecular weight excluding hydrogens is 461 g/mol. The van der Waals surface area contributed by atoms with Gasteiger partial charge in [0.1, 0.15) is 11.5 Å². The van der Waals surface area contributed by atoms with Crippen LogP contribution in [0, 0.1) is 0 Å². The van der Waals surface area contributed by atoms with E-state index in [2.05, 4.69) is 9.72 Å². The van der Waals surface area contributed by atoms with Gasteiger partial charge in [-0.1, -0.05) is 17.4 Å². The number of halogens is 5. The molecule has 3 aromatic rings. The fourth-order valence-corrected chi connectivity index (χ4v) is 4.24. The van der Waals surface area contributed by atoms with Crippen LogP contribution < -0.4 is 19.1 Å². The average molecular weight is 475 g/mol. The fourth-order valence-electron chi connectivity index (χ4n) is 3.36. The predicted molar refractivity (Wildman–Crippen MR) is 103 cm³/mol. The number of ether oxygens (including phenoxy) is 3. The number of nitrogens with one attached hydrogen (secondary N) is 1. The maximum absolute atomic E-state index is 12.9. The number of aromatic hydroxyl groups is 1. The third-order valence-electron chi connectivity index (χ3n) is 4.71. The lowest BCUT2D eigenvalue weighted by molar-refractivity contribution is -0.138. The van der Waals surface area contributed by atoms with E-state index in [4.69, 9.17) is 9.47 Å². The highest BCUT2D eigenvalue weighted by Crippen LogP contribution is 2.44. The van der Waals surface area contributed by atoms with E-state index in [1.807, 2.05) is 0 Å². The largest absolute Gasteiger partial charge is 0.494 e. The van der Waals surface area contributed by atoms with E-state index in [1.54, 1.807) is 6.07 Å². The average Bonchev–Trinajstić information content (AvgIpc) is 3.05. The Kier molecular flexibility index (Phi) is 5.71. The Hall–Kier alpha value is -3.28. The van der Waals surface area contributed by atoms with Gasteiger partial charge in [-0.3, -0.25) is 9.78 Å². The summed E-state index contributed by atoms with van der Waals surface area (Å²) in [6.45, 7) is -3.08. The first-order valence-corrected chi connectivity index (χ1v) is 9.96. The van der Waals surface area contributed by atoms with E-state index in [9.17, 15) is 31.9 Å². The monoisotopic (exact) mass is 475 g/mol. The van der Waals surface area contributed by atoms with Crippen LogP contribution in [0.5, 0.6) is 28.9 Å². The molecule has 1 atom stereocenters. The number of hydrogen-bond acceptors (Lipinski definition) is 6. The van der Waals surface area contributed by atoms with Gasteiger partial charge in [0.15, 0.2) is 11.5 Å². The summed E-state index contributed by atoms with van der Waals surface area (Å²) in [5, 5.41) is 9.97. The Morgan fingerprint density at radius 1 is 1.16 bits per heavy atom. The summed E-state index contributed by atoms with van der Waals surface area (Å²) in [6, 6.07) is 6.53. The summed E-state index contributed by atoms with van der Waals surface area (Å²) in [4.78, 5) is 13.9. The molecule has 1 aromatic heterocycles. The molecule has 6 nitrogen and oxygen atoms in total. The first-order valence-electron chi connectivity index (χ1n) is 9.14. The molecule has 0 amide bonds. The molecule has 32 heavy (non-hydrogen) atoms. The van der Waals surface area contributed by atoms with Crippen LogP contribution in [0.2, 0.25) is 0 Å². The number of H-pyrrole nitrogens is 1. The zero-order valence-corrected chi connectivity index (χ0v) is 16.7. The van der Waals surface area contributed by atoms with Crippen molar-refractivity contribution in [3.63, 3.8) is 0 Å². The van der Waals surface area contributed by atoms with Crippen molar-refractivity contribution >= 4 is 11.3 Å². The molecule has 4 rings (SSSR count). The highest BCUT2D eigenvalue weighted by Gasteiger charge is 2.32. The Morgan fingerprint density at radius 2 is 1.94 bits per heavy atom. The maximum atomic E-state index is 12.9. The normalized spacial score (nSPS) is 15.9. The lowest BCUT2D eigenvalue weighted by Gasteiger charge is -2.25. The minimum absolute atomic E-state index is 0.106. The van der Waals surface area contributed by atoms with Gasteiger partial charge in [-0.25, -0.2) is 0 Å². The number of aromatic amines is 1. The predicted octanol–water partition coefficient (Wildman–Crippen LogP) is 5.47. The zero-order valence-electron chi connectivity index (χ0n) is 15.9. The quantitative estimate of drug-likeness (QED) is 0.479. The Morgan fingerprint density at radius 3 is 2.59 bits per heavy atom. The number of rotatable bonds is 5. The smallest absolute Gasteiger partial charge is 0.416 e. The van der Waals surface area contributed by atoms with Crippen LogP contribution in [-0.4, -0.2) is 23.3 Å². The number of fused-ring (bicyclic) bond motifs is 1. The highest BCUT2D eigenvalue weighted by atomic mass is 32.1. The van der Waals surface area contributed by atoms with Crippen molar-refractivity contribution < 1.29 is 41.3 Å². The van der Waals surface area contributed by atoms with Crippen molar-refractivity contribution in [1.29, 1.82) is 0 Å². The van der Waals surface area contributed by atoms with Gasteiger partial charge in [0.25, 0.3) is 0 Å². The van der Waals surface area contributed by atoms with E-state index < -0.39 is 29.0 Å². The maximum Gasteiger partial charge on any atom is 0.416 e. The van der Waals surface area contributed by atoms with Crippen LogP contribution in [0.4, 0.5) is 22.0 Å². The summed E-state index contributed by atoms with van der Waals surface area (Å²) in [5.41, 5.74) is -0.506. The van der Waals surface area contributed by atoms with E-state index in [0.717, 1.165) is 17.4 Å². The molecule has 0 aliphatic carbocycles. The molecule has 12 heteroatoms. The van der Waals surface area contributed by atoms with Crippen molar-refractivity contribution in [3.8, 4) is 28.9 Å². The Labute approximate surface area is 180 Å². The van der Waals surface area contributed by atoms with Crippen molar-refractivity contribution in [3.05, 3.63) is 62.1 Å². The summed E-state index contributed by atoms with van der Waals surface area (Å²) in [5.74, 6) is -1.19. The summed E-state index contributed by atoms with van der Waals surface area (Å²) in [6.07, 6.45) is -4.25. The van der Waals surface area contributed by atoms with Crippen molar-refractivity contribution in [2.75, 3.05) is 6.61 Å². The molecular formula is C20H14F5NO5S. The summed E-state index contributed by atoms with van der Waals surface area (Å²) >= 11 is 0.875. The van der Waals surface area contributed by atoms with Crippen LogP contribution in [0.3, 0.4) is 0 Å². The lowest BCUT2D eigenvalue weighted by Crippen LogP contribution is -2.14. The lowest BCUT2D eigenvalue weighted by atomic mass is 9.92. The van der Waals surface area contributed by atoms with Gasteiger partial charge in [-0.05, 0) is 30.7 Å². The molecule has 1 aliphatic heterocycles. The third kappa shape index (κ3) is 4.49. The van der Waals surface area contributed by atoms with E-state index in [1.165, 1.54) is 12.1 Å². The van der Waals surface area contributed by atoms with Crippen molar-refractivity contribution in [1.82, 2.24) is 4.98 Å². The molecule has 0 fully saturated rings. The number of aromatic nitrogens is 1. The van der Waals surface area contributed by atoms with Crippen LogP contribution in [-0.2, 0) is 6.18 Å². The molecule has 0 bridgehead atoms. The van der Waals surface area contributed by atoms with Gasteiger partial charge in [-0.2, -0.15) is 22.0 Å². The molecule has 0 spiro atoms. The Bertz CT molecular complexity index is 1190. The standard InChI is InChI=1S/C20H14F5NO5S/c21-18(22)31-15-7-9(20(23,24)25)1-4-13(15)30-10-2-3-11-12(5-6-29-14(11)8-10)16-17(27)26-19(28)32-16/h1-4,7-8,12,18,27H,5-6H2,(H,26,28)/t12-/m1/s1. The second kappa shape index (κ2) is 8.34. The van der Waals surface area contributed by atoms with Gasteiger partial charge < -0.3 is 19.3 Å². The molecule has 0 radical (unpaired) electrons. The van der Waals surface area contributed by atoms with Crippen LogP contribution in [0.1, 0.15) is 28.3 Å². The topological polar surface area (TPSA) is 80.8 Å². The second-order valence-corrected chi connectivity index (χ2v) is 7.77. The van der Waals surface area contributed by atoms with Crippen LogP contribution in [0.15, 0.2) is 41.2 Å². The van der Waals surface area contributed by atoms with Gasteiger partial charge >= 0.3 is 17.7 Å². The van der Waals surface area contributed by atoms with E-state index >= 15 is 0 Å². The molecule has 170 valence electrons. The van der Waals surface area contributed by atoms with Gasteiger partial charge in [-0.15, -0.1) is 0 Å². The molecule has 0 saturated heterocycles. The third-order valence-corrected chi connectivity index (χ3v) is 5.70. The first-order chi connectivity index (χ1) is 15.1. The van der Waals surface area contributed by atoms with Gasteiger partial charge in [0.2, 0.25) is 5.88 Å². The molecule has 2 aromatic carbocycles. The van der Waals surface area contributed by atoms with Crippen LogP contribution >= 0.6 is 11.3 Å². The number of alkyl halides is 5. The highest BCUT2D eigenvalue weighted by molar-refractivity contribution is 7.09. The molecule has 0 unspecified atom stereocenters. The minimum Gasteiger partial charge on any atom is -0.494 e. The SMILES string of the molecule is O=c1[nH]c(O)c([C@@H]2CCOc3cc(Oc4ccc(C(F)(F)F)cc4OC(F)F)ccc32)s1. The molecule has 1 aliphatic rings. The van der Waals surface area contributed by atoms with E-state index in [-0.39, 0.29) is 29.9 Å². The van der Waals surface area contributed by atoms with Gasteiger partial charge in [0.05, 0.1) is 17.0 Å². The van der Waals surface area contributed by atoms with Crippen molar-refractivity contribution in [2.45, 2.75) is 25.1 Å². The minimum atomic E-state index is -4.75. The molecule has 2 N–H and O–H groups in total. The summed E-state index contributed by atoms with van der Waals surface area (Å²) in [7, 11) is 0. The summed E-state index contributed by atoms with van der Waals surface area (Å²) < 4.78 is 79.5. The fraction of sp³-hybridized carbons (Fsp3) is 0.250. The molecule has 2 heterocycles.